The number of fused-ring (bicyclic) bond motifs is 1. The predicted octanol–water partition coefficient (Wildman–Crippen LogP) is 1.89. The molecule has 0 aromatic carbocycles. The Labute approximate surface area is 43.5 Å². The number of hydrogen-bond donors (Lipinski definition) is 0. The number of allylic oxidation sites excluding steroid dienone is 4. The first-order valence-electron chi connectivity index (χ1n) is 2.83. The van der Waals surface area contributed by atoms with Crippen molar-refractivity contribution < 1.29 is 0 Å². The minimum atomic E-state index is 0.944. The van der Waals surface area contributed by atoms with Gasteiger partial charge in [-0.2, -0.15) is 0 Å². The summed E-state index contributed by atoms with van der Waals surface area (Å²) in [6.45, 7) is 0. The standard InChI is InChI=1S/C7H8/c1-2-6-4-5-7(6)3-1/h1-2,4,7H,3,5H2. The van der Waals surface area contributed by atoms with Crippen LogP contribution in [0.25, 0.3) is 0 Å². The van der Waals surface area contributed by atoms with Crippen LogP contribution in [0.5, 0.6) is 0 Å². The van der Waals surface area contributed by atoms with Crippen LogP contribution in [-0.2, 0) is 0 Å². The van der Waals surface area contributed by atoms with E-state index in [1.54, 1.807) is 5.57 Å². The van der Waals surface area contributed by atoms with Crippen LogP contribution in [0.3, 0.4) is 0 Å². The molecule has 0 bridgehead atoms. The summed E-state index contributed by atoms with van der Waals surface area (Å²) < 4.78 is 0. The largest absolute Gasteiger partial charge is 0.0836 e. The molecule has 0 fully saturated rings. The first-order valence-corrected chi connectivity index (χ1v) is 2.83. The van der Waals surface area contributed by atoms with Crippen molar-refractivity contribution in [3.63, 3.8) is 0 Å². The molecule has 36 valence electrons. The Morgan fingerprint density at radius 1 is 1.43 bits per heavy atom. The fourth-order valence-electron chi connectivity index (χ4n) is 1.23. The van der Waals surface area contributed by atoms with Crippen LogP contribution in [0.4, 0.5) is 0 Å². The lowest BCUT2D eigenvalue weighted by Gasteiger charge is -2.17. The van der Waals surface area contributed by atoms with Crippen LogP contribution >= 0.6 is 0 Å². The van der Waals surface area contributed by atoms with Gasteiger partial charge in [0.25, 0.3) is 0 Å². The van der Waals surface area contributed by atoms with E-state index >= 15 is 0 Å². The summed E-state index contributed by atoms with van der Waals surface area (Å²) in [5, 5.41) is 0. The van der Waals surface area contributed by atoms with Crippen molar-refractivity contribution >= 4 is 0 Å². The van der Waals surface area contributed by atoms with Crippen molar-refractivity contribution in [2.75, 3.05) is 0 Å². The Morgan fingerprint density at radius 2 is 2.43 bits per heavy atom. The smallest absolute Gasteiger partial charge is 0.00958 e. The normalized spacial score (nSPS) is 34.3. The first-order chi connectivity index (χ1) is 3.47. The van der Waals surface area contributed by atoms with Gasteiger partial charge in [-0.25, -0.2) is 0 Å². The van der Waals surface area contributed by atoms with E-state index in [1.807, 2.05) is 0 Å². The first kappa shape index (κ1) is 3.48. The highest BCUT2D eigenvalue weighted by atomic mass is 14.3. The van der Waals surface area contributed by atoms with Crippen LogP contribution in [0, 0.1) is 5.92 Å². The van der Waals surface area contributed by atoms with E-state index in [0.717, 1.165) is 5.92 Å². The Morgan fingerprint density at radius 3 is 2.71 bits per heavy atom. The Hall–Kier alpha value is -0.520. The van der Waals surface area contributed by atoms with Crippen LogP contribution in [0.1, 0.15) is 12.8 Å². The maximum absolute atomic E-state index is 2.31. The van der Waals surface area contributed by atoms with E-state index in [-0.39, 0.29) is 0 Å². The van der Waals surface area contributed by atoms with Crippen molar-refractivity contribution in [2.45, 2.75) is 12.8 Å². The molecular formula is C7H8. The highest BCUT2D eigenvalue weighted by molar-refractivity contribution is 5.34. The molecule has 1 unspecified atom stereocenters. The second kappa shape index (κ2) is 1.00. The van der Waals surface area contributed by atoms with Gasteiger partial charge in [0.05, 0.1) is 0 Å². The number of hydrogen-bond acceptors (Lipinski definition) is 0. The highest BCUT2D eigenvalue weighted by Gasteiger charge is 2.20. The molecule has 2 aliphatic carbocycles. The minimum Gasteiger partial charge on any atom is -0.0836 e. The van der Waals surface area contributed by atoms with Crippen molar-refractivity contribution in [2.24, 2.45) is 5.92 Å². The monoisotopic (exact) mass is 92.1 g/mol. The van der Waals surface area contributed by atoms with E-state index in [2.05, 4.69) is 18.2 Å². The van der Waals surface area contributed by atoms with Gasteiger partial charge in [-0.3, -0.25) is 0 Å². The quantitative estimate of drug-likeness (QED) is 0.428. The van der Waals surface area contributed by atoms with Gasteiger partial charge in [0, 0.05) is 0 Å². The van der Waals surface area contributed by atoms with Gasteiger partial charge >= 0.3 is 0 Å². The van der Waals surface area contributed by atoms with Gasteiger partial charge in [0.1, 0.15) is 0 Å². The third-order valence-electron chi connectivity index (χ3n) is 1.84. The molecule has 0 radical (unpaired) electrons. The third kappa shape index (κ3) is 0.317. The van der Waals surface area contributed by atoms with Gasteiger partial charge in [-0.15, -0.1) is 0 Å². The lowest BCUT2D eigenvalue weighted by molar-refractivity contribution is 0.612. The van der Waals surface area contributed by atoms with Crippen molar-refractivity contribution in [3.05, 3.63) is 23.8 Å². The minimum absolute atomic E-state index is 0.944. The fraction of sp³-hybridized carbons (Fsp3) is 0.429. The fourth-order valence-corrected chi connectivity index (χ4v) is 1.23. The topological polar surface area (TPSA) is 0 Å². The lowest BCUT2D eigenvalue weighted by Crippen LogP contribution is -2.04. The lowest BCUT2D eigenvalue weighted by atomic mass is 9.87. The average molecular weight is 92.1 g/mol. The molecule has 2 aliphatic rings. The zero-order chi connectivity index (χ0) is 4.69. The molecule has 1 atom stereocenters. The summed E-state index contributed by atoms with van der Waals surface area (Å²) in [6.07, 6.45) is 9.47. The molecule has 0 N–H and O–H groups in total. The molecular weight excluding hydrogens is 84.1 g/mol. The van der Waals surface area contributed by atoms with Gasteiger partial charge in [0.15, 0.2) is 0 Å². The molecule has 7 heavy (non-hydrogen) atoms. The molecule has 0 aromatic heterocycles. The zero-order valence-corrected chi connectivity index (χ0v) is 4.22. The summed E-state index contributed by atoms with van der Waals surface area (Å²) in [5.41, 5.74) is 1.58. The summed E-state index contributed by atoms with van der Waals surface area (Å²) in [5.74, 6) is 0.944. The van der Waals surface area contributed by atoms with Crippen molar-refractivity contribution in [1.82, 2.24) is 0 Å². The Kier molecular flexibility index (Phi) is 0.498. The highest BCUT2D eigenvalue weighted by Crippen LogP contribution is 2.35. The number of rotatable bonds is 0. The van der Waals surface area contributed by atoms with Gasteiger partial charge in [-0.1, -0.05) is 18.2 Å². The van der Waals surface area contributed by atoms with Crippen LogP contribution in [-0.4, -0.2) is 0 Å². The van der Waals surface area contributed by atoms with E-state index in [1.165, 1.54) is 12.8 Å². The second-order valence-corrected chi connectivity index (χ2v) is 2.27. The van der Waals surface area contributed by atoms with Crippen molar-refractivity contribution in [1.29, 1.82) is 0 Å². The van der Waals surface area contributed by atoms with Gasteiger partial charge < -0.3 is 0 Å². The zero-order valence-electron chi connectivity index (χ0n) is 4.22. The van der Waals surface area contributed by atoms with E-state index in [4.69, 9.17) is 0 Å². The molecule has 0 heterocycles. The maximum Gasteiger partial charge on any atom is -0.00958 e. The average Bonchev–Trinajstić information content (AvgIpc) is 1.85. The summed E-state index contributed by atoms with van der Waals surface area (Å²) >= 11 is 0. The van der Waals surface area contributed by atoms with E-state index in [9.17, 15) is 0 Å². The Balaban J connectivity index is 2.36. The van der Waals surface area contributed by atoms with Crippen LogP contribution in [0.15, 0.2) is 23.8 Å². The molecule has 0 nitrogen and oxygen atoms in total. The summed E-state index contributed by atoms with van der Waals surface area (Å²) in [6, 6.07) is 0. The molecule has 0 heteroatoms. The molecule has 0 amide bonds. The second-order valence-electron chi connectivity index (χ2n) is 2.27. The van der Waals surface area contributed by atoms with E-state index < -0.39 is 0 Å². The van der Waals surface area contributed by atoms with E-state index in [0.29, 0.717) is 0 Å². The van der Waals surface area contributed by atoms with Crippen molar-refractivity contribution in [3.8, 4) is 0 Å². The predicted molar refractivity (Wildman–Crippen MR) is 29.9 cm³/mol. The summed E-state index contributed by atoms with van der Waals surface area (Å²) in [7, 11) is 0. The van der Waals surface area contributed by atoms with Crippen LogP contribution in [0.2, 0.25) is 0 Å². The maximum atomic E-state index is 2.31. The molecule has 0 saturated carbocycles. The molecule has 0 saturated heterocycles. The molecule has 2 rings (SSSR count). The third-order valence-corrected chi connectivity index (χ3v) is 1.84. The Bertz CT molecular complexity index is 137. The van der Waals surface area contributed by atoms with Crippen LogP contribution < -0.4 is 0 Å². The molecule has 0 spiro atoms. The molecule has 0 aromatic rings. The summed E-state index contributed by atoms with van der Waals surface area (Å²) in [4.78, 5) is 0. The van der Waals surface area contributed by atoms with Gasteiger partial charge in [-0.05, 0) is 24.3 Å². The van der Waals surface area contributed by atoms with Gasteiger partial charge in [0.2, 0.25) is 0 Å². The molecule has 0 aliphatic heterocycles. The SMILES string of the molecule is C1=CC2=CCC2C1.